The van der Waals surface area contributed by atoms with Gasteiger partial charge in [-0.25, -0.2) is 4.39 Å². The Morgan fingerprint density at radius 1 is 1.42 bits per heavy atom. The van der Waals surface area contributed by atoms with Gasteiger partial charge in [0.05, 0.1) is 6.04 Å². The Balaban J connectivity index is 2.21. The zero-order valence-electron chi connectivity index (χ0n) is 10.7. The zero-order chi connectivity index (χ0) is 14.0. The molecule has 102 valence electrons. The molecule has 0 unspecified atom stereocenters. The van der Waals surface area contributed by atoms with Crippen molar-refractivity contribution in [3.63, 3.8) is 0 Å². The van der Waals surface area contributed by atoms with E-state index < -0.39 is 0 Å². The van der Waals surface area contributed by atoms with Gasteiger partial charge in [-0.3, -0.25) is 0 Å². The van der Waals surface area contributed by atoms with Crippen molar-refractivity contribution in [2.45, 2.75) is 26.3 Å². The van der Waals surface area contributed by atoms with Crippen LogP contribution in [0.4, 0.5) is 4.39 Å². The Morgan fingerprint density at radius 2 is 2.16 bits per heavy atom. The third kappa shape index (κ3) is 3.11. The first-order valence-electron chi connectivity index (χ1n) is 6.00. The number of hydrogen-bond donors (Lipinski definition) is 1. The van der Waals surface area contributed by atoms with Gasteiger partial charge in [0.15, 0.2) is 5.82 Å². The number of nitrogens with two attached hydrogens (primary N) is 1. The van der Waals surface area contributed by atoms with Crippen molar-refractivity contribution in [2.24, 2.45) is 11.7 Å². The zero-order valence-corrected chi connectivity index (χ0v) is 11.5. The van der Waals surface area contributed by atoms with Crippen molar-refractivity contribution < 1.29 is 8.91 Å². The lowest BCUT2D eigenvalue weighted by molar-refractivity contribution is 0.322. The predicted molar refractivity (Wildman–Crippen MR) is 70.3 cm³/mol. The van der Waals surface area contributed by atoms with Crippen LogP contribution in [0.3, 0.4) is 0 Å². The standard InChI is InChI=1S/C13H15ClFN3O/c1-7(2)12(16)13-17-11(18-19-13)6-8-9(14)4-3-5-10(8)15/h3-5,7,12H,6,16H2,1-2H3/t12-/m1/s1. The topological polar surface area (TPSA) is 64.9 Å². The summed E-state index contributed by atoms with van der Waals surface area (Å²) < 4.78 is 18.7. The summed E-state index contributed by atoms with van der Waals surface area (Å²) in [6.45, 7) is 3.92. The fourth-order valence-electron chi connectivity index (χ4n) is 1.62. The molecule has 0 bridgehead atoms. The third-order valence-corrected chi connectivity index (χ3v) is 3.24. The monoisotopic (exact) mass is 283 g/mol. The summed E-state index contributed by atoms with van der Waals surface area (Å²) in [6, 6.07) is 4.21. The van der Waals surface area contributed by atoms with Crippen LogP contribution in [-0.4, -0.2) is 10.1 Å². The quantitative estimate of drug-likeness (QED) is 0.936. The van der Waals surface area contributed by atoms with E-state index in [0.717, 1.165) is 0 Å². The summed E-state index contributed by atoms with van der Waals surface area (Å²) in [4.78, 5) is 4.18. The number of rotatable bonds is 4. The minimum atomic E-state index is -0.382. The average Bonchev–Trinajstić information content (AvgIpc) is 2.81. The van der Waals surface area contributed by atoms with Gasteiger partial charge >= 0.3 is 0 Å². The highest BCUT2D eigenvalue weighted by molar-refractivity contribution is 6.31. The highest BCUT2D eigenvalue weighted by Crippen LogP contribution is 2.22. The largest absolute Gasteiger partial charge is 0.338 e. The van der Waals surface area contributed by atoms with Gasteiger partial charge in [-0.2, -0.15) is 4.98 Å². The van der Waals surface area contributed by atoms with Gasteiger partial charge in [-0.05, 0) is 18.1 Å². The maximum Gasteiger partial charge on any atom is 0.243 e. The molecule has 1 atom stereocenters. The van der Waals surface area contributed by atoms with E-state index in [1.807, 2.05) is 13.8 Å². The number of nitrogens with zero attached hydrogens (tertiary/aromatic N) is 2. The minimum Gasteiger partial charge on any atom is -0.338 e. The molecule has 0 radical (unpaired) electrons. The normalized spacial score (nSPS) is 12.9. The lowest BCUT2D eigenvalue weighted by Gasteiger charge is -2.09. The number of benzene rings is 1. The average molecular weight is 284 g/mol. The van der Waals surface area contributed by atoms with Gasteiger partial charge in [0.1, 0.15) is 5.82 Å². The van der Waals surface area contributed by atoms with Gasteiger partial charge in [-0.15, -0.1) is 0 Å². The van der Waals surface area contributed by atoms with Crippen molar-refractivity contribution in [1.29, 1.82) is 0 Å². The number of halogens is 2. The Hall–Kier alpha value is -1.46. The lowest BCUT2D eigenvalue weighted by Crippen LogP contribution is -2.17. The molecule has 0 saturated heterocycles. The van der Waals surface area contributed by atoms with Crippen LogP contribution < -0.4 is 5.73 Å². The third-order valence-electron chi connectivity index (χ3n) is 2.88. The summed E-state index contributed by atoms with van der Waals surface area (Å²) in [7, 11) is 0. The van der Waals surface area contributed by atoms with Crippen LogP contribution in [0.2, 0.25) is 5.02 Å². The van der Waals surface area contributed by atoms with Crippen molar-refractivity contribution >= 4 is 11.6 Å². The second kappa shape index (κ2) is 5.67. The summed E-state index contributed by atoms with van der Waals surface area (Å²) >= 11 is 5.95. The fraction of sp³-hybridized carbons (Fsp3) is 0.385. The molecule has 0 spiro atoms. The Morgan fingerprint density at radius 3 is 2.79 bits per heavy atom. The molecule has 2 N–H and O–H groups in total. The van der Waals surface area contributed by atoms with Crippen LogP contribution in [0.5, 0.6) is 0 Å². The molecule has 1 heterocycles. The second-order valence-electron chi connectivity index (χ2n) is 4.70. The van der Waals surface area contributed by atoms with E-state index >= 15 is 0 Å². The van der Waals surface area contributed by atoms with E-state index in [9.17, 15) is 4.39 Å². The maximum absolute atomic E-state index is 13.6. The van der Waals surface area contributed by atoms with Crippen LogP contribution in [-0.2, 0) is 6.42 Å². The molecule has 0 saturated carbocycles. The first kappa shape index (κ1) is 14.0. The summed E-state index contributed by atoms with van der Waals surface area (Å²) in [5.74, 6) is 0.535. The van der Waals surface area contributed by atoms with Crippen LogP contribution >= 0.6 is 11.6 Å². The second-order valence-corrected chi connectivity index (χ2v) is 5.10. The highest BCUT2D eigenvalue weighted by atomic mass is 35.5. The number of hydrogen-bond acceptors (Lipinski definition) is 4. The van der Waals surface area contributed by atoms with Crippen molar-refractivity contribution in [1.82, 2.24) is 10.1 Å². The Bertz CT molecular complexity index is 551. The van der Waals surface area contributed by atoms with E-state index in [2.05, 4.69) is 10.1 Å². The first-order chi connectivity index (χ1) is 8.99. The summed E-state index contributed by atoms with van der Waals surface area (Å²) in [5, 5.41) is 4.15. The molecule has 1 aromatic heterocycles. The molecule has 2 rings (SSSR count). The van der Waals surface area contributed by atoms with Crippen LogP contribution in [0.15, 0.2) is 22.7 Å². The van der Waals surface area contributed by atoms with Crippen LogP contribution in [0, 0.1) is 11.7 Å². The van der Waals surface area contributed by atoms with Crippen molar-refractivity contribution in [3.05, 3.63) is 46.3 Å². The van der Waals surface area contributed by atoms with E-state index in [4.69, 9.17) is 21.9 Å². The molecule has 0 aliphatic rings. The maximum atomic E-state index is 13.6. The predicted octanol–water partition coefficient (Wildman–Crippen LogP) is 3.11. The first-order valence-corrected chi connectivity index (χ1v) is 6.37. The van der Waals surface area contributed by atoms with E-state index in [0.29, 0.717) is 22.3 Å². The summed E-state index contributed by atoms with van der Waals surface area (Å²) in [6.07, 6.45) is 0.180. The van der Waals surface area contributed by atoms with Crippen LogP contribution in [0.1, 0.15) is 37.2 Å². The van der Waals surface area contributed by atoms with Crippen LogP contribution in [0.25, 0.3) is 0 Å². The molecular formula is C13H15ClFN3O. The molecule has 1 aromatic carbocycles. The van der Waals surface area contributed by atoms with Gasteiger partial charge in [0, 0.05) is 17.0 Å². The van der Waals surface area contributed by atoms with Gasteiger partial charge in [0.2, 0.25) is 5.89 Å². The van der Waals surface area contributed by atoms with E-state index in [1.165, 1.54) is 6.07 Å². The van der Waals surface area contributed by atoms with E-state index in [1.54, 1.807) is 12.1 Å². The smallest absolute Gasteiger partial charge is 0.243 e. The van der Waals surface area contributed by atoms with Gasteiger partial charge < -0.3 is 10.3 Å². The highest BCUT2D eigenvalue weighted by Gasteiger charge is 2.19. The molecule has 0 amide bonds. The Kier molecular flexibility index (Phi) is 4.17. The molecule has 2 aromatic rings. The lowest BCUT2D eigenvalue weighted by atomic mass is 10.1. The molecule has 19 heavy (non-hydrogen) atoms. The van der Waals surface area contributed by atoms with Gasteiger partial charge in [0.25, 0.3) is 0 Å². The molecule has 0 aliphatic heterocycles. The fourth-order valence-corrected chi connectivity index (χ4v) is 1.85. The summed E-state index contributed by atoms with van der Waals surface area (Å²) in [5.41, 5.74) is 6.26. The van der Waals surface area contributed by atoms with E-state index in [-0.39, 0.29) is 24.2 Å². The minimum absolute atomic E-state index is 0.180. The molecule has 0 aliphatic carbocycles. The molecular weight excluding hydrogens is 269 g/mol. The SMILES string of the molecule is CC(C)[C@@H](N)c1nc(Cc2c(F)cccc2Cl)no1. The number of aromatic nitrogens is 2. The molecule has 0 fully saturated rings. The van der Waals surface area contributed by atoms with Crippen molar-refractivity contribution in [2.75, 3.05) is 0 Å². The van der Waals surface area contributed by atoms with Crippen molar-refractivity contribution in [3.8, 4) is 0 Å². The molecule has 6 heteroatoms. The Labute approximate surface area is 115 Å². The van der Waals surface area contributed by atoms with Gasteiger partial charge in [-0.1, -0.05) is 36.7 Å². The molecule has 4 nitrogen and oxygen atoms in total.